The number of hydrogen-bond acceptors (Lipinski definition) is 5. The van der Waals surface area contributed by atoms with Crippen molar-refractivity contribution in [2.75, 3.05) is 7.11 Å². The first kappa shape index (κ1) is 16.1. The number of hydrogen-bond donors (Lipinski definition) is 1. The molecule has 5 aliphatic rings. The van der Waals surface area contributed by atoms with Crippen LogP contribution >= 0.6 is 0 Å². The highest BCUT2D eigenvalue weighted by Crippen LogP contribution is 2.78. The van der Waals surface area contributed by atoms with Crippen LogP contribution in [0.3, 0.4) is 0 Å². The van der Waals surface area contributed by atoms with E-state index in [9.17, 15) is 14.7 Å². The van der Waals surface area contributed by atoms with Crippen molar-refractivity contribution >= 4 is 11.9 Å². The first-order valence-corrected chi connectivity index (χ1v) is 9.75. The molecule has 5 fully saturated rings. The van der Waals surface area contributed by atoms with E-state index in [2.05, 4.69) is 0 Å². The Morgan fingerprint density at radius 3 is 2.76 bits per heavy atom. The van der Waals surface area contributed by atoms with Crippen molar-refractivity contribution in [2.45, 2.75) is 70.0 Å². The minimum atomic E-state index is -0.741. The number of fused-ring (bicyclic) bond motifs is 1. The topological polar surface area (TPSA) is 72.8 Å². The summed E-state index contributed by atoms with van der Waals surface area (Å²) >= 11 is 0. The zero-order chi connectivity index (χ0) is 17.8. The molecule has 1 saturated heterocycles. The normalized spacial score (nSPS) is 58.5. The Kier molecular flexibility index (Phi) is 2.84. The molecule has 5 rings (SSSR count). The van der Waals surface area contributed by atoms with Crippen LogP contribution in [0.1, 0.15) is 58.8 Å². The standard InChI is InChI=1S/C20H28O5/c1-17-7-4-8-20(25-16(17)22)12-6-5-11-9-19(12,10-18(11,2)23)13(14(17)20)15(21)24-3/h11-14,23H,4-10H2,1-3H3. The zero-order valence-corrected chi connectivity index (χ0v) is 15.3. The monoisotopic (exact) mass is 348 g/mol. The molecule has 25 heavy (non-hydrogen) atoms. The fourth-order valence-electron chi connectivity index (χ4n) is 8.24. The minimum absolute atomic E-state index is 0.105. The van der Waals surface area contributed by atoms with Gasteiger partial charge in [0.25, 0.3) is 0 Å². The number of rotatable bonds is 1. The summed E-state index contributed by atoms with van der Waals surface area (Å²) in [5, 5.41) is 11.0. The third-order valence-corrected chi connectivity index (χ3v) is 8.91. The maximum absolute atomic E-state index is 13.0. The van der Waals surface area contributed by atoms with Crippen LogP contribution in [-0.4, -0.2) is 35.4 Å². The molecule has 5 nitrogen and oxygen atoms in total. The van der Waals surface area contributed by atoms with Gasteiger partial charge in [-0.05, 0) is 70.1 Å². The minimum Gasteiger partial charge on any atom is -0.469 e. The predicted molar refractivity (Wildman–Crippen MR) is 88.3 cm³/mol. The lowest BCUT2D eigenvalue weighted by molar-refractivity contribution is -0.161. The summed E-state index contributed by atoms with van der Waals surface area (Å²) in [5.41, 5.74) is -2.13. The Morgan fingerprint density at radius 2 is 2.04 bits per heavy atom. The summed E-state index contributed by atoms with van der Waals surface area (Å²) < 4.78 is 11.4. The van der Waals surface area contributed by atoms with Gasteiger partial charge in [0.15, 0.2) is 0 Å². The van der Waals surface area contributed by atoms with Gasteiger partial charge in [-0.3, -0.25) is 9.59 Å². The molecule has 0 amide bonds. The van der Waals surface area contributed by atoms with Crippen LogP contribution in [-0.2, 0) is 19.1 Å². The maximum atomic E-state index is 13.0. The second-order valence-electron chi connectivity index (χ2n) is 9.89. The van der Waals surface area contributed by atoms with Gasteiger partial charge < -0.3 is 14.6 Å². The first-order chi connectivity index (χ1) is 11.7. The van der Waals surface area contributed by atoms with Gasteiger partial charge in [-0.15, -0.1) is 0 Å². The van der Waals surface area contributed by atoms with E-state index in [1.54, 1.807) is 0 Å². The molecular formula is C20H28O5. The van der Waals surface area contributed by atoms with E-state index in [0.29, 0.717) is 6.42 Å². The van der Waals surface area contributed by atoms with Crippen molar-refractivity contribution in [2.24, 2.45) is 34.5 Å². The molecule has 5 heteroatoms. The van der Waals surface area contributed by atoms with Gasteiger partial charge >= 0.3 is 11.9 Å². The van der Waals surface area contributed by atoms with E-state index in [0.717, 1.165) is 38.5 Å². The number of esters is 2. The van der Waals surface area contributed by atoms with Crippen LogP contribution in [0.25, 0.3) is 0 Å². The maximum Gasteiger partial charge on any atom is 0.312 e. The number of carbonyl (C=O) groups excluding carboxylic acids is 2. The predicted octanol–water partition coefficient (Wildman–Crippen LogP) is 2.45. The third-order valence-electron chi connectivity index (χ3n) is 8.91. The van der Waals surface area contributed by atoms with Gasteiger partial charge in [-0.1, -0.05) is 0 Å². The Morgan fingerprint density at radius 1 is 1.28 bits per heavy atom. The lowest BCUT2D eigenvalue weighted by Crippen LogP contribution is -2.47. The van der Waals surface area contributed by atoms with E-state index >= 15 is 0 Å². The van der Waals surface area contributed by atoms with Gasteiger partial charge in [0.2, 0.25) is 0 Å². The zero-order valence-electron chi connectivity index (χ0n) is 15.3. The molecule has 8 atom stereocenters. The second-order valence-corrected chi connectivity index (χ2v) is 9.89. The fraction of sp³-hybridized carbons (Fsp3) is 0.900. The first-order valence-electron chi connectivity index (χ1n) is 9.75. The van der Waals surface area contributed by atoms with Crippen LogP contribution in [0.2, 0.25) is 0 Å². The molecule has 0 radical (unpaired) electrons. The molecule has 1 spiro atoms. The van der Waals surface area contributed by atoms with Crippen molar-refractivity contribution in [3.05, 3.63) is 0 Å². The molecule has 4 saturated carbocycles. The van der Waals surface area contributed by atoms with Crippen LogP contribution < -0.4 is 0 Å². The lowest BCUT2D eigenvalue weighted by Gasteiger charge is -2.43. The highest BCUT2D eigenvalue weighted by molar-refractivity contribution is 5.85. The van der Waals surface area contributed by atoms with Crippen LogP contribution in [0.5, 0.6) is 0 Å². The molecule has 0 aromatic heterocycles. The van der Waals surface area contributed by atoms with Crippen molar-refractivity contribution < 1.29 is 24.2 Å². The van der Waals surface area contributed by atoms with E-state index in [4.69, 9.17) is 9.47 Å². The lowest BCUT2D eigenvalue weighted by atomic mass is 9.60. The highest BCUT2D eigenvalue weighted by Gasteiger charge is 2.82. The van der Waals surface area contributed by atoms with E-state index < -0.39 is 16.6 Å². The summed E-state index contributed by atoms with van der Waals surface area (Å²) in [6, 6.07) is 0. The molecular weight excluding hydrogens is 320 g/mol. The second kappa shape index (κ2) is 4.41. The Balaban J connectivity index is 1.73. The summed E-state index contributed by atoms with van der Waals surface area (Å²) in [5.74, 6) is -0.366. The van der Waals surface area contributed by atoms with Crippen LogP contribution in [0, 0.1) is 34.5 Å². The number of aliphatic hydroxyl groups is 1. The quantitative estimate of drug-likeness (QED) is 0.737. The summed E-state index contributed by atoms with van der Waals surface area (Å²) in [6.45, 7) is 3.92. The van der Waals surface area contributed by atoms with Crippen molar-refractivity contribution in [3.8, 4) is 0 Å². The summed E-state index contributed by atoms with van der Waals surface area (Å²) in [4.78, 5) is 25.8. The van der Waals surface area contributed by atoms with Gasteiger partial charge in [0, 0.05) is 11.8 Å². The van der Waals surface area contributed by atoms with Crippen LogP contribution in [0.4, 0.5) is 0 Å². The largest absolute Gasteiger partial charge is 0.469 e. The third kappa shape index (κ3) is 1.57. The molecule has 1 aliphatic heterocycles. The Bertz CT molecular complexity index is 671. The van der Waals surface area contributed by atoms with E-state index in [1.165, 1.54) is 7.11 Å². The molecule has 4 bridgehead atoms. The average Bonchev–Trinajstić information content (AvgIpc) is 2.95. The van der Waals surface area contributed by atoms with Gasteiger partial charge in [0.05, 0.1) is 24.0 Å². The summed E-state index contributed by atoms with van der Waals surface area (Å²) in [7, 11) is 1.45. The van der Waals surface area contributed by atoms with Gasteiger partial charge in [-0.25, -0.2) is 0 Å². The molecule has 1 heterocycles. The van der Waals surface area contributed by atoms with Gasteiger partial charge in [-0.2, -0.15) is 0 Å². The molecule has 0 aromatic rings. The molecule has 8 unspecified atom stereocenters. The van der Waals surface area contributed by atoms with Crippen LogP contribution in [0.15, 0.2) is 0 Å². The molecule has 4 aliphatic carbocycles. The van der Waals surface area contributed by atoms with Gasteiger partial charge in [0.1, 0.15) is 5.60 Å². The molecule has 0 aromatic carbocycles. The Hall–Kier alpha value is -1.10. The molecule has 1 N–H and O–H groups in total. The van der Waals surface area contributed by atoms with E-state index in [1.807, 2.05) is 13.8 Å². The number of ether oxygens (including phenoxy) is 2. The highest BCUT2D eigenvalue weighted by atomic mass is 16.6. The number of carbonyl (C=O) groups is 2. The SMILES string of the molecule is COC(=O)C1C2C3(C)CCCC2(OC3=O)C2CCC3CC12CC3(C)O. The Labute approximate surface area is 148 Å². The fourth-order valence-corrected chi connectivity index (χ4v) is 8.24. The summed E-state index contributed by atoms with van der Waals surface area (Å²) in [6.07, 6.45) is 5.99. The average molecular weight is 348 g/mol. The number of methoxy groups -OCH3 is 1. The van der Waals surface area contributed by atoms with Crippen molar-refractivity contribution in [3.63, 3.8) is 0 Å². The van der Waals surface area contributed by atoms with E-state index in [-0.39, 0.29) is 41.0 Å². The smallest absolute Gasteiger partial charge is 0.312 e. The van der Waals surface area contributed by atoms with Crippen molar-refractivity contribution in [1.29, 1.82) is 0 Å². The molecule has 138 valence electrons. The van der Waals surface area contributed by atoms with Crippen molar-refractivity contribution in [1.82, 2.24) is 0 Å².